The number of unbranched alkanes of at least 4 members (excludes halogenated alkanes) is 1. The topological polar surface area (TPSA) is 52.0 Å². The Kier molecular flexibility index (Phi) is 5.51. The van der Waals surface area contributed by atoms with Gasteiger partial charge < -0.3 is 11.5 Å². The summed E-state index contributed by atoms with van der Waals surface area (Å²) in [5, 5.41) is 0. The monoisotopic (exact) mass is 158 g/mol. The van der Waals surface area contributed by atoms with Crippen molar-refractivity contribution in [2.75, 3.05) is 13.1 Å². The van der Waals surface area contributed by atoms with E-state index in [9.17, 15) is 0 Å². The standard InChI is InChI=1S/C9H22N2/c1-3-5-6-9(4-2,7-10)8-11/h3-8,10-11H2,1-2H3. The van der Waals surface area contributed by atoms with Gasteiger partial charge in [-0.05, 0) is 31.3 Å². The maximum Gasteiger partial charge on any atom is -0.000854 e. The van der Waals surface area contributed by atoms with Crippen molar-refractivity contribution in [2.45, 2.75) is 39.5 Å². The molecule has 4 N–H and O–H groups in total. The quantitative estimate of drug-likeness (QED) is 0.615. The van der Waals surface area contributed by atoms with E-state index in [1.807, 2.05) is 0 Å². The van der Waals surface area contributed by atoms with Crippen molar-refractivity contribution in [1.29, 1.82) is 0 Å². The summed E-state index contributed by atoms with van der Waals surface area (Å²) in [4.78, 5) is 0. The molecule has 0 aromatic rings. The molecule has 0 atom stereocenters. The largest absolute Gasteiger partial charge is 0.330 e. The van der Waals surface area contributed by atoms with E-state index in [0.29, 0.717) is 0 Å². The highest BCUT2D eigenvalue weighted by atomic mass is 14.7. The van der Waals surface area contributed by atoms with Crippen LogP contribution in [0.2, 0.25) is 0 Å². The molecule has 0 saturated carbocycles. The lowest BCUT2D eigenvalue weighted by Crippen LogP contribution is -2.37. The molecule has 0 bridgehead atoms. The van der Waals surface area contributed by atoms with E-state index in [2.05, 4.69) is 13.8 Å². The summed E-state index contributed by atoms with van der Waals surface area (Å²) >= 11 is 0. The first-order valence-corrected chi connectivity index (χ1v) is 4.64. The van der Waals surface area contributed by atoms with Crippen LogP contribution in [0.25, 0.3) is 0 Å². The highest BCUT2D eigenvalue weighted by Gasteiger charge is 2.23. The van der Waals surface area contributed by atoms with Crippen LogP contribution < -0.4 is 11.5 Å². The molecule has 0 unspecified atom stereocenters. The van der Waals surface area contributed by atoms with Crippen molar-refractivity contribution in [1.82, 2.24) is 0 Å². The normalized spacial score (nSPS) is 12.0. The first-order valence-electron chi connectivity index (χ1n) is 4.64. The third kappa shape index (κ3) is 3.21. The van der Waals surface area contributed by atoms with Gasteiger partial charge in [-0.1, -0.05) is 26.7 Å². The van der Waals surface area contributed by atoms with Crippen molar-refractivity contribution in [3.8, 4) is 0 Å². The Morgan fingerprint density at radius 3 is 1.91 bits per heavy atom. The molecule has 0 amide bonds. The minimum absolute atomic E-state index is 0.232. The Hall–Kier alpha value is -0.0800. The third-order valence-electron chi connectivity index (χ3n) is 2.68. The molecule has 2 heteroatoms. The Morgan fingerprint density at radius 1 is 1.09 bits per heavy atom. The summed E-state index contributed by atoms with van der Waals surface area (Å²) in [5.41, 5.74) is 11.6. The zero-order valence-corrected chi connectivity index (χ0v) is 7.90. The molecule has 0 aromatic carbocycles. The molecule has 0 aromatic heterocycles. The van der Waals surface area contributed by atoms with E-state index < -0.39 is 0 Å². The van der Waals surface area contributed by atoms with E-state index >= 15 is 0 Å². The van der Waals surface area contributed by atoms with Crippen molar-refractivity contribution in [3.63, 3.8) is 0 Å². The van der Waals surface area contributed by atoms with Gasteiger partial charge in [0.1, 0.15) is 0 Å². The van der Waals surface area contributed by atoms with Gasteiger partial charge >= 0.3 is 0 Å². The predicted octanol–water partition coefficient (Wildman–Crippen LogP) is 1.49. The molecule has 68 valence electrons. The Labute approximate surface area is 70.3 Å². The van der Waals surface area contributed by atoms with Gasteiger partial charge in [0.15, 0.2) is 0 Å². The van der Waals surface area contributed by atoms with Gasteiger partial charge in [0, 0.05) is 0 Å². The highest BCUT2D eigenvalue weighted by Crippen LogP contribution is 2.25. The molecular weight excluding hydrogens is 136 g/mol. The van der Waals surface area contributed by atoms with Crippen molar-refractivity contribution in [2.24, 2.45) is 16.9 Å². The second-order valence-corrected chi connectivity index (χ2v) is 3.37. The third-order valence-corrected chi connectivity index (χ3v) is 2.68. The number of hydrogen-bond acceptors (Lipinski definition) is 2. The Bertz CT molecular complexity index is 79.3. The molecule has 0 heterocycles. The summed E-state index contributed by atoms with van der Waals surface area (Å²) in [5.74, 6) is 0. The zero-order chi connectivity index (χ0) is 8.74. The van der Waals surface area contributed by atoms with Crippen molar-refractivity contribution >= 4 is 0 Å². The van der Waals surface area contributed by atoms with Gasteiger partial charge in [0.25, 0.3) is 0 Å². The van der Waals surface area contributed by atoms with Crippen LogP contribution in [0.5, 0.6) is 0 Å². The lowest BCUT2D eigenvalue weighted by Gasteiger charge is -2.29. The smallest absolute Gasteiger partial charge is 0.000854 e. The van der Waals surface area contributed by atoms with Crippen LogP contribution in [0.4, 0.5) is 0 Å². The van der Waals surface area contributed by atoms with Crippen LogP contribution in [0.1, 0.15) is 39.5 Å². The maximum absolute atomic E-state index is 5.69. The van der Waals surface area contributed by atoms with E-state index in [0.717, 1.165) is 19.5 Å². The van der Waals surface area contributed by atoms with Gasteiger partial charge in [-0.3, -0.25) is 0 Å². The van der Waals surface area contributed by atoms with E-state index in [1.54, 1.807) is 0 Å². The molecule has 0 rings (SSSR count). The molecular formula is C9H22N2. The van der Waals surface area contributed by atoms with Crippen LogP contribution in [0, 0.1) is 5.41 Å². The first kappa shape index (κ1) is 10.9. The van der Waals surface area contributed by atoms with Crippen LogP contribution in [-0.2, 0) is 0 Å². The summed E-state index contributed by atoms with van der Waals surface area (Å²) < 4.78 is 0. The maximum atomic E-state index is 5.69. The second-order valence-electron chi connectivity index (χ2n) is 3.37. The molecule has 0 aliphatic carbocycles. The molecule has 0 spiro atoms. The van der Waals surface area contributed by atoms with Gasteiger partial charge in [-0.15, -0.1) is 0 Å². The van der Waals surface area contributed by atoms with Gasteiger partial charge in [0.2, 0.25) is 0 Å². The number of rotatable bonds is 6. The average molecular weight is 158 g/mol. The summed E-state index contributed by atoms with van der Waals surface area (Å²) in [6.07, 6.45) is 4.79. The molecule has 11 heavy (non-hydrogen) atoms. The zero-order valence-electron chi connectivity index (χ0n) is 7.90. The molecule has 0 fully saturated rings. The second kappa shape index (κ2) is 5.56. The molecule has 0 radical (unpaired) electrons. The van der Waals surface area contributed by atoms with Crippen LogP contribution in [0.15, 0.2) is 0 Å². The molecule has 0 saturated heterocycles. The van der Waals surface area contributed by atoms with Crippen LogP contribution >= 0.6 is 0 Å². The van der Waals surface area contributed by atoms with Gasteiger partial charge in [-0.2, -0.15) is 0 Å². The van der Waals surface area contributed by atoms with Crippen LogP contribution in [-0.4, -0.2) is 13.1 Å². The van der Waals surface area contributed by atoms with E-state index in [4.69, 9.17) is 11.5 Å². The number of nitrogens with two attached hydrogens (primary N) is 2. The summed E-state index contributed by atoms with van der Waals surface area (Å²) in [6.45, 7) is 5.85. The summed E-state index contributed by atoms with van der Waals surface area (Å²) in [7, 11) is 0. The average Bonchev–Trinajstić information content (AvgIpc) is 2.08. The molecule has 0 aliphatic rings. The van der Waals surface area contributed by atoms with Gasteiger partial charge in [0.05, 0.1) is 0 Å². The van der Waals surface area contributed by atoms with Crippen molar-refractivity contribution in [3.05, 3.63) is 0 Å². The first-order chi connectivity index (χ1) is 5.24. The Balaban J connectivity index is 3.84. The minimum Gasteiger partial charge on any atom is -0.330 e. The lowest BCUT2D eigenvalue weighted by molar-refractivity contribution is 0.264. The van der Waals surface area contributed by atoms with Crippen molar-refractivity contribution < 1.29 is 0 Å². The minimum atomic E-state index is 0.232. The van der Waals surface area contributed by atoms with E-state index in [-0.39, 0.29) is 5.41 Å². The number of hydrogen-bond donors (Lipinski definition) is 2. The highest BCUT2D eigenvalue weighted by molar-refractivity contribution is 4.79. The fourth-order valence-corrected chi connectivity index (χ4v) is 1.30. The van der Waals surface area contributed by atoms with Crippen LogP contribution in [0.3, 0.4) is 0 Å². The molecule has 2 nitrogen and oxygen atoms in total. The fourth-order valence-electron chi connectivity index (χ4n) is 1.30. The van der Waals surface area contributed by atoms with Gasteiger partial charge in [-0.25, -0.2) is 0 Å². The Morgan fingerprint density at radius 2 is 1.64 bits per heavy atom. The molecule has 0 aliphatic heterocycles. The lowest BCUT2D eigenvalue weighted by atomic mass is 9.80. The predicted molar refractivity (Wildman–Crippen MR) is 50.4 cm³/mol. The SMILES string of the molecule is CCCCC(CC)(CN)CN. The van der Waals surface area contributed by atoms with E-state index in [1.165, 1.54) is 19.3 Å². The fraction of sp³-hybridized carbons (Fsp3) is 1.00. The summed E-state index contributed by atoms with van der Waals surface area (Å²) in [6, 6.07) is 0.